The Morgan fingerprint density at radius 1 is 1.36 bits per heavy atom. The third-order valence-corrected chi connectivity index (χ3v) is 5.27. The van der Waals surface area contributed by atoms with Crippen LogP contribution in [0.2, 0.25) is 0 Å². The molecule has 2 aromatic rings. The number of fused-ring (bicyclic) bond motifs is 1. The lowest BCUT2D eigenvalue weighted by molar-refractivity contribution is -0.149. The van der Waals surface area contributed by atoms with Gasteiger partial charge in [0.2, 0.25) is 0 Å². The molecule has 1 aliphatic rings. The number of carboxylic acids is 1. The predicted octanol–water partition coefficient (Wildman–Crippen LogP) is 3.03. The second-order valence-corrected chi connectivity index (χ2v) is 6.79. The van der Waals surface area contributed by atoms with Gasteiger partial charge in [0.15, 0.2) is 0 Å². The standard InChI is InChI=1S/C18H23N3O4/c1-4-18(5-2,17(23)24)9-19-15(22)12-8-13(11-6-7-11)20-16-14(12)10(3)21-25-16/h8,11H,4-7,9H2,1-3H3,(H,19,22)(H,23,24). The van der Waals surface area contributed by atoms with Crippen molar-refractivity contribution in [3.63, 3.8) is 0 Å². The number of aliphatic carboxylic acids is 1. The molecule has 0 saturated heterocycles. The number of nitrogens with one attached hydrogen (secondary N) is 1. The van der Waals surface area contributed by atoms with Crippen molar-refractivity contribution in [1.29, 1.82) is 0 Å². The van der Waals surface area contributed by atoms with Crippen LogP contribution >= 0.6 is 0 Å². The Labute approximate surface area is 145 Å². The average molecular weight is 345 g/mol. The molecule has 0 unspecified atom stereocenters. The summed E-state index contributed by atoms with van der Waals surface area (Å²) < 4.78 is 5.25. The first-order valence-electron chi connectivity index (χ1n) is 8.70. The molecule has 1 fully saturated rings. The molecule has 1 amide bonds. The number of hydrogen-bond donors (Lipinski definition) is 2. The number of nitrogens with zero attached hydrogens (tertiary/aromatic N) is 2. The van der Waals surface area contributed by atoms with Crippen LogP contribution in [0, 0.1) is 12.3 Å². The van der Waals surface area contributed by atoms with Crippen molar-refractivity contribution in [2.75, 3.05) is 6.54 Å². The highest BCUT2D eigenvalue weighted by Crippen LogP contribution is 2.40. The summed E-state index contributed by atoms with van der Waals surface area (Å²) in [4.78, 5) is 28.9. The van der Waals surface area contributed by atoms with Gasteiger partial charge in [-0.05, 0) is 38.7 Å². The van der Waals surface area contributed by atoms with E-state index in [1.54, 1.807) is 13.0 Å². The molecule has 3 rings (SSSR count). The number of rotatable bonds is 7. The molecule has 0 aliphatic heterocycles. The zero-order valence-corrected chi connectivity index (χ0v) is 14.8. The van der Waals surface area contributed by atoms with Gasteiger partial charge in [-0.25, -0.2) is 4.98 Å². The Morgan fingerprint density at radius 2 is 2.04 bits per heavy atom. The fourth-order valence-corrected chi connectivity index (χ4v) is 3.10. The monoisotopic (exact) mass is 345 g/mol. The van der Waals surface area contributed by atoms with Gasteiger partial charge in [0.05, 0.1) is 22.1 Å². The van der Waals surface area contributed by atoms with Crippen LogP contribution in [0.25, 0.3) is 11.1 Å². The van der Waals surface area contributed by atoms with Gasteiger partial charge in [-0.2, -0.15) is 0 Å². The molecule has 0 spiro atoms. The van der Waals surface area contributed by atoms with E-state index in [0.717, 1.165) is 18.5 Å². The van der Waals surface area contributed by atoms with Gasteiger partial charge in [-0.15, -0.1) is 0 Å². The minimum absolute atomic E-state index is 0.0844. The molecule has 2 aromatic heterocycles. The van der Waals surface area contributed by atoms with Gasteiger partial charge < -0.3 is 14.9 Å². The molecule has 134 valence electrons. The first-order valence-corrected chi connectivity index (χ1v) is 8.70. The van der Waals surface area contributed by atoms with E-state index < -0.39 is 11.4 Å². The predicted molar refractivity (Wildman–Crippen MR) is 91.5 cm³/mol. The third-order valence-electron chi connectivity index (χ3n) is 5.27. The van der Waals surface area contributed by atoms with Crippen LogP contribution in [0.5, 0.6) is 0 Å². The van der Waals surface area contributed by atoms with Gasteiger partial charge in [0, 0.05) is 18.2 Å². The van der Waals surface area contributed by atoms with E-state index in [1.165, 1.54) is 0 Å². The second-order valence-electron chi connectivity index (χ2n) is 6.79. The highest BCUT2D eigenvalue weighted by atomic mass is 16.5. The number of hydrogen-bond acceptors (Lipinski definition) is 5. The van der Waals surface area contributed by atoms with Gasteiger partial charge in [-0.1, -0.05) is 19.0 Å². The minimum Gasteiger partial charge on any atom is -0.481 e. The first kappa shape index (κ1) is 17.4. The van der Waals surface area contributed by atoms with Crippen LogP contribution < -0.4 is 5.32 Å². The van der Waals surface area contributed by atoms with E-state index in [4.69, 9.17) is 4.52 Å². The first-order chi connectivity index (χ1) is 11.9. The van der Waals surface area contributed by atoms with Crippen LogP contribution in [-0.2, 0) is 4.79 Å². The molecule has 0 bridgehead atoms. The summed E-state index contributed by atoms with van der Waals surface area (Å²) in [7, 11) is 0. The quantitative estimate of drug-likeness (QED) is 0.799. The lowest BCUT2D eigenvalue weighted by atomic mass is 9.82. The largest absolute Gasteiger partial charge is 0.481 e. The molecule has 1 saturated carbocycles. The van der Waals surface area contributed by atoms with Crippen molar-refractivity contribution in [2.24, 2.45) is 5.41 Å². The molecule has 2 N–H and O–H groups in total. The minimum atomic E-state index is -0.954. The number of aryl methyl sites for hydroxylation is 1. The maximum atomic E-state index is 12.8. The Bertz CT molecular complexity index is 819. The highest BCUT2D eigenvalue weighted by molar-refractivity contribution is 6.06. The number of aromatic nitrogens is 2. The lowest BCUT2D eigenvalue weighted by Gasteiger charge is -2.26. The molecule has 2 heterocycles. The van der Waals surface area contributed by atoms with Crippen LogP contribution in [0.1, 0.15) is 67.2 Å². The molecule has 0 atom stereocenters. The SMILES string of the molecule is CCC(CC)(CNC(=O)c1cc(C2CC2)nc2onc(C)c12)C(=O)O. The topological polar surface area (TPSA) is 105 Å². The smallest absolute Gasteiger partial charge is 0.311 e. The van der Waals surface area contributed by atoms with Crippen LogP contribution in [0.15, 0.2) is 10.6 Å². The van der Waals surface area contributed by atoms with Gasteiger partial charge >= 0.3 is 5.97 Å². The summed E-state index contributed by atoms with van der Waals surface area (Å²) in [6.07, 6.45) is 3.01. The Kier molecular flexibility index (Phi) is 4.49. The van der Waals surface area contributed by atoms with E-state index in [0.29, 0.717) is 41.1 Å². The van der Waals surface area contributed by atoms with Crippen molar-refractivity contribution in [3.8, 4) is 0 Å². The molecular formula is C18H23N3O4. The van der Waals surface area contributed by atoms with E-state index in [9.17, 15) is 14.7 Å². The van der Waals surface area contributed by atoms with E-state index in [-0.39, 0.29) is 12.5 Å². The fraction of sp³-hybridized carbons (Fsp3) is 0.556. The van der Waals surface area contributed by atoms with E-state index >= 15 is 0 Å². The van der Waals surface area contributed by atoms with E-state index in [2.05, 4.69) is 15.5 Å². The van der Waals surface area contributed by atoms with Gasteiger partial charge in [0.1, 0.15) is 0 Å². The zero-order chi connectivity index (χ0) is 18.2. The normalized spacial score (nSPS) is 14.7. The Balaban J connectivity index is 1.91. The number of amides is 1. The third kappa shape index (κ3) is 3.10. The van der Waals surface area contributed by atoms with Crippen molar-refractivity contribution in [1.82, 2.24) is 15.5 Å². The highest BCUT2D eigenvalue weighted by Gasteiger charge is 2.36. The lowest BCUT2D eigenvalue weighted by Crippen LogP contribution is -2.42. The average Bonchev–Trinajstić information content (AvgIpc) is 3.39. The summed E-state index contributed by atoms with van der Waals surface area (Å²) in [6.45, 7) is 5.50. The van der Waals surface area contributed by atoms with Crippen LogP contribution in [-0.4, -0.2) is 33.7 Å². The number of carboxylic acid groups (broad SMARTS) is 1. The molecule has 0 aromatic carbocycles. The molecule has 7 heteroatoms. The van der Waals surface area contributed by atoms with Gasteiger partial charge in [-0.3, -0.25) is 9.59 Å². The van der Waals surface area contributed by atoms with Crippen molar-refractivity contribution in [3.05, 3.63) is 23.0 Å². The van der Waals surface area contributed by atoms with Crippen molar-refractivity contribution in [2.45, 2.75) is 52.4 Å². The molecule has 25 heavy (non-hydrogen) atoms. The van der Waals surface area contributed by atoms with Crippen LogP contribution in [0.3, 0.4) is 0 Å². The van der Waals surface area contributed by atoms with Crippen LogP contribution in [0.4, 0.5) is 0 Å². The Hall–Kier alpha value is -2.44. The van der Waals surface area contributed by atoms with E-state index in [1.807, 2.05) is 13.8 Å². The number of pyridine rings is 1. The number of carbonyl (C=O) groups is 2. The second kappa shape index (κ2) is 6.46. The number of carbonyl (C=O) groups excluding carboxylic acids is 1. The summed E-state index contributed by atoms with van der Waals surface area (Å²) in [5.41, 5.74) is 1.31. The maximum Gasteiger partial charge on any atom is 0.311 e. The summed E-state index contributed by atoms with van der Waals surface area (Å²) >= 11 is 0. The maximum absolute atomic E-state index is 12.8. The van der Waals surface area contributed by atoms with Crippen molar-refractivity contribution < 1.29 is 19.2 Å². The summed E-state index contributed by atoms with van der Waals surface area (Å²) in [5, 5.41) is 16.8. The fourth-order valence-electron chi connectivity index (χ4n) is 3.10. The molecule has 7 nitrogen and oxygen atoms in total. The zero-order valence-electron chi connectivity index (χ0n) is 14.8. The molecule has 0 radical (unpaired) electrons. The Morgan fingerprint density at radius 3 is 2.60 bits per heavy atom. The van der Waals surface area contributed by atoms with Crippen molar-refractivity contribution >= 4 is 23.0 Å². The molecular weight excluding hydrogens is 322 g/mol. The van der Waals surface area contributed by atoms with Gasteiger partial charge in [0.25, 0.3) is 11.6 Å². The molecule has 1 aliphatic carbocycles. The summed E-state index contributed by atoms with van der Waals surface area (Å²) in [6, 6.07) is 1.79. The summed E-state index contributed by atoms with van der Waals surface area (Å²) in [5.74, 6) is -0.837.